The Morgan fingerprint density at radius 2 is 2.33 bits per heavy atom. The molecule has 0 aromatic heterocycles. The van der Waals surface area contributed by atoms with E-state index in [9.17, 15) is 5.11 Å². The topological polar surface area (TPSA) is 45.1 Å². The lowest BCUT2D eigenvalue weighted by atomic mass is 10.0. The van der Waals surface area contributed by atoms with Crippen molar-refractivity contribution in [3.05, 3.63) is 0 Å². The number of aliphatic hydroxyl groups is 1. The summed E-state index contributed by atoms with van der Waals surface area (Å²) in [6, 6.07) is 0.130. The van der Waals surface area contributed by atoms with Gasteiger partial charge >= 0.3 is 0 Å². The van der Waals surface area contributed by atoms with Gasteiger partial charge in [-0.3, -0.25) is 4.99 Å². The van der Waals surface area contributed by atoms with Gasteiger partial charge in [0, 0.05) is 20.5 Å². The summed E-state index contributed by atoms with van der Waals surface area (Å²) in [5.74, 6) is 0. The van der Waals surface area contributed by atoms with Crippen LogP contribution in [0.5, 0.6) is 0 Å². The van der Waals surface area contributed by atoms with E-state index in [2.05, 4.69) is 4.99 Å². The van der Waals surface area contributed by atoms with E-state index in [1.165, 1.54) is 0 Å². The summed E-state index contributed by atoms with van der Waals surface area (Å²) in [7, 11) is 3.97. The molecule has 0 amide bonds. The molecule has 4 unspecified atom stereocenters. The highest BCUT2D eigenvalue weighted by atomic mass is 32.2. The summed E-state index contributed by atoms with van der Waals surface area (Å²) in [4.78, 5) is 6.55. The second-order valence-electron chi connectivity index (χ2n) is 4.25. The molecule has 4 atom stereocenters. The monoisotopic (exact) mass is 230 g/mol. The lowest BCUT2D eigenvalue weighted by Crippen LogP contribution is -2.43. The molecule has 4 nitrogen and oxygen atoms in total. The van der Waals surface area contributed by atoms with E-state index in [1.807, 2.05) is 25.9 Å². The first kappa shape index (κ1) is 11.2. The summed E-state index contributed by atoms with van der Waals surface area (Å²) < 4.78 is 5.82. The zero-order chi connectivity index (χ0) is 11.0. The minimum absolute atomic E-state index is 0.0181. The molecule has 0 saturated carbocycles. The smallest absolute Gasteiger partial charge is 0.161 e. The van der Waals surface area contributed by atoms with Crippen LogP contribution in [-0.2, 0) is 4.74 Å². The predicted octanol–water partition coefficient (Wildman–Crippen LogP) is 0.905. The fourth-order valence-corrected chi connectivity index (χ4v) is 3.09. The number of aliphatic hydroxyl groups excluding tert-OH is 1. The molecule has 0 aromatic rings. The van der Waals surface area contributed by atoms with Gasteiger partial charge in [-0.2, -0.15) is 0 Å². The van der Waals surface area contributed by atoms with Crippen molar-refractivity contribution >= 4 is 16.9 Å². The number of fused-ring (bicyclic) bond motifs is 1. The highest BCUT2D eigenvalue weighted by molar-refractivity contribution is 8.14. The number of hydrogen-bond donors (Lipinski definition) is 1. The van der Waals surface area contributed by atoms with Crippen molar-refractivity contribution in [2.45, 2.75) is 43.5 Å². The largest absolute Gasteiger partial charge is 0.390 e. The van der Waals surface area contributed by atoms with Crippen molar-refractivity contribution in [3.63, 3.8) is 0 Å². The molecule has 0 radical (unpaired) electrons. The zero-order valence-corrected chi connectivity index (χ0v) is 10.2. The molecule has 0 aromatic carbocycles. The van der Waals surface area contributed by atoms with Crippen LogP contribution in [0, 0.1) is 0 Å². The van der Waals surface area contributed by atoms with Gasteiger partial charge in [-0.15, -0.1) is 0 Å². The molecule has 0 spiro atoms. The molecule has 5 heteroatoms. The highest BCUT2D eigenvalue weighted by Gasteiger charge is 2.41. The maximum atomic E-state index is 9.82. The van der Waals surface area contributed by atoms with Gasteiger partial charge < -0.3 is 14.7 Å². The van der Waals surface area contributed by atoms with E-state index in [4.69, 9.17) is 4.74 Å². The van der Waals surface area contributed by atoms with E-state index in [-0.39, 0.29) is 23.7 Å². The number of ether oxygens (including phenoxy) is 1. The molecular weight excluding hydrogens is 212 g/mol. The first-order valence-corrected chi connectivity index (χ1v) is 6.25. The highest BCUT2D eigenvalue weighted by Crippen LogP contribution is 2.37. The van der Waals surface area contributed by atoms with Crippen LogP contribution in [-0.4, -0.2) is 53.0 Å². The van der Waals surface area contributed by atoms with Crippen molar-refractivity contribution in [3.8, 4) is 0 Å². The van der Waals surface area contributed by atoms with E-state index < -0.39 is 0 Å². The lowest BCUT2D eigenvalue weighted by molar-refractivity contribution is -0.0937. The Kier molecular flexibility index (Phi) is 3.23. The third kappa shape index (κ3) is 2.14. The van der Waals surface area contributed by atoms with Crippen LogP contribution in [0.1, 0.15) is 19.8 Å². The van der Waals surface area contributed by atoms with Gasteiger partial charge in [0.1, 0.15) is 5.44 Å². The summed E-state index contributed by atoms with van der Waals surface area (Å²) in [5.41, 5.74) is 0.107. The Balaban J connectivity index is 2.04. The predicted molar refractivity (Wildman–Crippen MR) is 62.1 cm³/mol. The molecule has 2 heterocycles. The second-order valence-corrected chi connectivity index (χ2v) is 5.31. The number of aliphatic imine (C=N–C) groups is 1. The third-order valence-electron chi connectivity index (χ3n) is 2.82. The summed E-state index contributed by atoms with van der Waals surface area (Å²) in [6.45, 7) is 2.04. The van der Waals surface area contributed by atoms with Gasteiger partial charge in [-0.1, -0.05) is 18.7 Å². The maximum Gasteiger partial charge on any atom is 0.161 e. The molecule has 2 rings (SSSR count). The molecule has 1 saturated heterocycles. The van der Waals surface area contributed by atoms with Crippen LogP contribution in [0.3, 0.4) is 0 Å². The molecule has 1 N–H and O–H groups in total. The zero-order valence-electron chi connectivity index (χ0n) is 9.38. The maximum absolute atomic E-state index is 9.82. The molecule has 1 fully saturated rings. The summed E-state index contributed by atoms with van der Waals surface area (Å²) in [5, 5.41) is 10.8. The van der Waals surface area contributed by atoms with Crippen molar-refractivity contribution in [2.24, 2.45) is 4.99 Å². The first-order valence-electron chi connectivity index (χ1n) is 5.37. The van der Waals surface area contributed by atoms with Crippen molar-refractivity contribution in [1.82, 2.24) is 4.90 Å². The van der Waals surface area contributed by atoms with Crippen molar-refractivity contribution < 1.29 is 9.84 Å². The molecule has 0 bridgehead atoms. The van der Waals surface area contributed by atoms with Crippen LogP contribution in [0.15, 0.2) is 4.99 Å². The quantitative estimate of drug-likeness (QED) is 0.727. The van der Waals surface area contributed by atoms with Crippen LogP contribution in [0.25, 0.3) is 0 Å². The van der Waals surface area contributed by atoms with Gasteiger partial charge in [0.15, 0.2) is 5.17 Å². The Bertz CT molecular complexity index is 270. The summed E-state index contributed by atoms with van der Waals surface area (Å²) in [6.07, 6.45) is 1.22. The number of hydrogen-bond acceptors (Lipinski definition) is 5. The van der Waals surface area contributed by atoms with E-state index in [0.29, 0.717) is 0 Å². The molecule has 86 valence electrons. The van der Waals surface area contributed by atoms with Crippen molar-refractivity contribution in [2.75, 3.05) is 14.1 Å². The minimum atomic E-state index is -0.359. The SMILES string of the molecule is CCC1OC2SC(N(C)C)=NC2CC1O. The Labute approximate surface area is 94.7 Å². The minimum Gasteiger partial charge on any atom is -0.390 e. The van der Waals surface area contributed by atoms with Crippen LogP contribution in [0.2, 0.25) is 0 Å². The van der Waals surface area contributed by atoms with Gasteiger partial charge in [0.2, 0.25) is 0 Å². The fourth-order valence-electron chi connectivity index (χ4n) is 1.95. The number of thioether (sulfide) groups is 1. The third-order valence-corrected chi connectivity index (χ3v) is 4.16. The fraction of sp³-hybridized carbons (Fsp3) is 0.900. The average Bonchev–Trinajstić information content (AvgIpc) is 2.59. The van der Waals surface area contributed by atoms with Crippen LogP contribution in [0.4, 0.5) is 0 Å². The van der Waals surface area contributed by atoms with E-state index >= 15 is 0 Å². The van der Waals surface area contributed by atoms with E-state index in [1.54, 1.807) is 11.8 Å². The number of amidine groups is 1. The molecule has 0 aliphatic carbocycles. The van der Waals surface area contributed by atoms with Gasteiger partial charge in [0.05, 0.1) is 18.2 Å². The van der Waals surface area contributed by atoms with Gasteiger partial charge in [-0.05, 0) is 6.42 Å². The molecule has 2 aliphatic rings. The van der Waals surface area contributed by atoms with Gasteiger partial charge in [-0.25, -0.2) is 0 Å². The Hall–Kier alpha value is -0.260. The van der Waals surface area contributed by atoms with Crippen LogP contribution >= 0.6 is 11.8 Å². The average molecular weight is 230 g/mol. The molecule has 2 aliphatic heterocycles. The molecule has 15 heavy (non-hydrogen) atoms. The number of rotatable bonds is 1. The van der Waals surface area contributed by atoms with E-state index in [0.717, 1.165) is 18.0 Å². The standard InChI is InChI=1S/C10H18N2O2S/c1-4-8-7(13)5-6-9(14-8)15-10(11-6)12(2)3/h6-9,13H,4-5H2,1-3H3. The lowest BCUT2D eigenvalue weighted by Gasteiger charge is -2.33. The normalized spacial score (nSPS) is 39.9. The summed E-state index contributed by atoms with van der Waals surface area (Å²) >= 11 is 1.67. The first-order chi connectivity index (χ1) is 7.11. The molecular formula is C10H18N2O2S. The van der Waals surface area contributed by atoms with Crippen LogP contribution < -0.4 is 0 Å². The van der Waals surface area contributed by atoms with Gasteiger partial charge in [0.25, 0.3) is 0 Å². The number of nitrogens with zero attached hydrogens (tertiary/aromatic N) is 2. The van der Waals surface area contributed by atoms with Crippen molar-refractivity contribution in [1.29, 1.82) is 0 Å². The second kappa shape index (κ2) is 4.31. The Morgan fingerprint density at radius 3 is 2.93 bits per heavy atom. The Morgan fingerprint density at radius 1 is 1.60 bits per heavy atom.